The second-order valence-corrected chi connectivity index (χ2v) is 4.10. The summed E-state index contributed by atoms with van der Waals surface area (Å²) in [6.07, 6.45) is 0. The number of fused-ring (bicyclic) bond motifs is 1. The molecule has 1 aliphatic heterocycles. The van der Waals surface area contributed by atoms with Crippen LogP contribution in [0, 0.1) is 11.3 Å². The van der Waals surface area contributed by atoms with E-state index in [1.54, 1.807) is 0 Å². The minimum Gasteiger partial charge on any atom is -0.378 e. The molecule has 0 saturated carbocycles. The Labute approximate surface area is 105 Å². The van der Waals surface area contributed by atoms with Gasteiger partial charge in [0.1, 0.15) is 6.07 Å². The van der Waals surface area contributed by atoms with Crippen molar-refractivity contribution in [2.24, 2.45) is 0 Å². The Hall–Kier alpha value is -2.19. The molecule has 1 fully saturated rings. The molecular weight excluding hydrogens is 228 g/mol. The van der Waals surface area contributed by atoms with E-state index in [-0.39, 0.29) is 0 Å². The molecule has 2 aromatic rings. The summed E-state index contributed by atoms with van der Waals surface area (Å²) in [5, 5.41) is 9.20. The molecule has 0 amide bonds. The Morgan fingerprint density at radius 1 is 1.11 bits per heavy atom. The van der Waals surface area contributed by atoms with Crippen molar-refractivity contribution in [1.82, 2.24) is 9.97 Å². The van der Waals surface area contributed by atoms with Gasteiger partial charge in [0, 0.05) is 13.1 Å². The van der Waals surface area contributed by atoms with Crippen molar-refractivity contribution in [1.29, 1.82) is 5.26 Å². The lowest BCUT2D eigenvalue weighted by Crippen LogP contribution is -2.37. The molecule has 2 heterocycles. The van der Waals surface area contributed by atoms with E-state index in [0.717, 1.165) is 24.1 Å². The third kappa shape index (κ3) is 1.87. The molecule has 0 atom stereocenters. The molecule has 1 saturated heterocycles. The van der Waals surface area contributed by atoms with Gasteiger partial charge < -0.3 is 9.64 Å². The molecule has 5 heteroatoms. The van der Waals surface area contributed by atoms with Gasteiger partial charge in [0.25, 0.3) is 0 Å². The van der Waals surface area contributed by atoms with Gasteiger partial charge in [-0.3, -0.25) is 0 Å². The van der Waals surface area contributed by atoms with E-state index < -0.39 is 0 Å². The first kappa shape index (κ1) is 10.9. The third-order valence-electron chi connectivity index (χ3n) is 2.97. The van der Waals surface area contributed by atoms with Crippen molar-refractivity contribution >= 4 is 16.9 Å². The Morgan fingerprint density at radius 3 is 2.44 bits per heavy atom. The number of rotatable bonds is 1. The van der Waals surface area contributed by atoms with E-state index >= 15 is 0 Å². The van der Waals surface area contributed by atoms with Crippen molar-refractivity contribution < 1.29 is 4.74 Å². The van der Waals surface area contributed by atoms with Crippen LogP contribution < -0.4 is 4.90 Å². The fourth-order valence-electron chi connectivity index (χ4n) is 2.06. The van der Waals surface area contributed by atoms with E-state index in [1.165, 1.54) is 0 Å². The van der Waals surface area contributed by atoms with Gasteiger partial charge in [0.15, 0.2) is 11.5 Å². The van der Waals surface area contributed by atoms with E-state index in [1.807, 2.05) is 24.3 Å². The second kappa shape index (κ2) is 4.59. The first-order valence-electron chi connectivity index (χ1n) is 5.88. The standard InChI is InChI=1S/C13H12N4O/c14-9-12-13(17-5-7-18-8-6-17)16-11-4-2-1-3-10(11)15-12/h1-4H,5-8H2. The Bertz CT molecular complexity index is 614. The van der Waals surface area contributed by atoms with Crippen molar-refractivity contribution in [3.05, 3.63) is 30.0 Å². The highest BCUT2D eigenvalue weighted by Gasteiger charge is 2.18. The van der Waals surface area contributed by atoms with Gasteiger partial charge in [0.2, 0.25) is 0 Å². The number of ether oxygens (including phenoxy) is 1. The van der Waals surface area contributed by atoms with E-state index in [9.17, 15) is 5.26 Å². The maximum Gasteiger partial charge on any atom is 0.183 e. The van der Waals surface area contributed by atoms with Crippen LogP contribution in [0.5, 0.6) is 0 Å². The molecule has 18 heavy (non-hydrogen) atoms. The lowest BCUT2D eigenvalue weighted by atomic mass is 10.2. The summed E-state index contributed by atoms with van der Waals surface area (Å²) in [6, 6.07) is 9.72. The van der Waals surface area contributed by atoms with Gasteiger partial charge in [-0.15, -0.1) is 0 Å². The smallest absolute Gasteiger partial charge is 0.183 e. The second-order valence-electron chi connectivity index (χ2n) is 4.10. The zero-order valence-corrected chi connectivity index (χ0v) is 9.83. The zero-order valence-electron chi connectivity index (χ0n) is 9.83. The van der Waals surface area contributed by atoms with Crippen molar-refractivity contribution in [3.8, 4) is 6.07 Å². The highest BCUT2D eigenvalue weighted by molar-refractivity contribution is 5.77. The third-order valence-corrected chi connectivity index (χ3v) is 2.97. The molecule has 3 rings (SSSR count). The van der Waals surface area contributed by atoms with Gasteiger partial charge in [-0.1, -0.05) is 12.1 Å². The van der Waals surface area contributed by atoms with Gasteiger partial charge in [-0.25, -0.2) is 9.97 Å². The van der Waals surface area contributed by atoms with E-state index in [2.05, 4.69) is 20.9 Å². The van der Waals surface area contributed by atoms with Crippen LogP contribution in [0.4, 0.5) is 5.82 Å². The van der Waals surface area contributed by atoms with E-state index in [0.29, 0.717) is 24.7 Å². The van der Waals surface area contributed by atoms with Gasteiger partial charge in [-0.05, 0) is 12.1 Å². The van der Waals surface area contributed by atoms with Crippen molar-refractivity contribution in [2.45, 2.75) is 0 Å². The quantitative estimate of drug-likeness (QED) is 0.752. The summed E-state index contributed by atoms with van der Waals surface area (Å²) < 4.78 is 5.31. The molecule has 1 aliphatic rings. The lowest BCUT2D eigenvalue weighted by molar-refractivity contribution is 0.122. The average Bonchev–Trinajstić information content (AvgIpc) is 2.46. The van der Waals surface area contributed by atoms with Gasteiger partial charge in [0.05, 0.1) is 24.2 Å². The number of nitrogens with zero attached hydrogens (tertiary/aromatic N) is 4. The Morgan fingerprint density at radius 2 is 1.78 bits per heavy atom. The normalized spacial score (nSPS) is 15.6. The highest BCUT2D eigenvalue weighted by Crippen LogP contribution is 2.20. The first-order chi connectivity index (χ1) is 8.88. The van der Waals surface area contributed by atoms with Crippen LogP contribution in [0.2, 0.25) is 0 Å². The summed E-state index contributed by atoms with van der Waals surface area (Å²) in [5.41, 5.74) is 1.96. The van der Waals surface area contributed by atoms with Crippen LogP contribution in [0.1, 0.15) is 5.69 Å². The average molecular weight is 240 g/mol. The number of aromatic nitrogens is 2. The molecular formula is C13H12N4O. The van der Waals surface area contributed by atoms with Gasteiger partial charge in [-0.2, -0.15) is 5.26 Å². The number of hydrogen-bond acceptors (Lipinski definition) is 5. The predicted octanol–water partition coefficient (Wildman–Crippen LogP) is 1.34. The van der Waals surface area contributed by atoms with E-state index in [4.69, 9.17) is 4.74 Å². The summed E-state index contributed by atoms with van der Waals surface area (Å²) in [7, 11) is 0. The maximum absolute atomic E-state index is 9.20. The summed E-state index contributed by atoms with van der Waals surface area (Å²) in [4.78, 5) is 11.0. The molecule has 1 aromatic carbocycles. The minimum atomic E-state index is 0.385. The molecule has 0 unspecified atom stereocenters. The largest absolute Gasteiger partial charge is 0.378 e. The first-order valence-corrected chi connectivity index (χ1v) is 5.88. The maximum atomic E-state index is 9.20. The topological polar surface area (TPSA) is 62.0 Å². The highest BCUT2D eigenvalue weighted by atomic mass is 16.5. The molecule has 1 aromatic heterocycles. The Balaban J connectivity index is 2.11. The van der Waals surface area contributed by atoms with Crippen LogP contribution in [0.25, 0.3) is 11.0 Å². The van der Waals surface area contributed by atoms with Crippen LogP contribution in [0.15, 0.2) is 24.3 Å². The van der Waals surface area contributed by atoms with Crippen LogP contribution >= 0.6 is 0 Å². The number of benzene rings is 1. The fraction of sp³-hybridized carbons (Fsp3) is 0.308. The number of morpholine rings is 1. The molecule has 0 aliphatic carbocycles. The fourth-order valence-corrected chi connectivity index (χ4v) is 2.06. The minimum absolute atomic E-state index is 0.385. The summed E-state index contributed by atoms with van der Waals surface area (Å²) in [5.74, 6) is 0.666. The van der Waals surface area contributed by atoms with Crippen molar-refractivity contribution in [3.63, 3.8) is 0 Å². The monoisotopic (exact) mass is 240 g/mol. The molecule has 90 valence electrons. The number of para-hydroxylation sites is 2. The number of nitriles is 1. The molecule has 0 radical (unpaired) electrons. The Kier molecular flexibility index (Phi) is 2.79. The van der Waals surface area contributed by atoms with Crippen LogP contribution in [-0.4, -0.2) is 36.3 Å². The molecule has 5 nitrogen and oxygen atoms in total. The molecule has 0 N–H and O–H groups in total. The molecule has 0 bridgehead atoms. The molecule has 0 spiro atoms. The van der Waals surface area contributed by atoms with Gasteiger partial charge >= 0.3 is 0 Å². The zero-order chi connectivity index (χ0) is 12.4. The van der Waals surface area contributed by atoms with Crippen molar-refractivity contribution in [2.75, 3.05) is 31.2 Å². The summed E-state index contributed by atoms with van der Waals surface area (Å²) >= 11 is 0. The SMILES string of the molecule is N#Cc1nc2ccccc2nc1N1CCOCC1. The number of anilines is 1. The number of hydrogen-bond donors (Lipinski definition) is 0. The van der Waals surface area contributed by atoms with Crippen LogP contribution in [-0.2, 0) is 4.74 Å². The van der Waals surface area contributed by atoms with Crippen LogP contribution in [0.3, 0.4) is 0 Å². The summed E-state index contributed by atoms with van der Waals surface area (Å²) in [6.45, 7) is 2.84. The lowest BCUT2D eigenvalue weighted by Gasteiger charge is -2.28. The predicted molar refractivity (Wildman–Crippen MR) is 67.3 cm³/mol.